The highest BCUT2D eigenvalue weighted by atomic mass is 16.4. The Morgan fingerprint density at radius 2 is 1.97 bits per heavy atom. The molecular formula is C24H19N7O2. The summed E-state index contributed by atoms with van der Waals surface area (Å²) in [5.74, 6) is 0.725. The van der Waals surface area contributed by atoms with Gasteiger partial charge in [0.05, 0.1) is 23.2 Å². The topological polar surface area (TPSA) is 114 Å². The first-order valence-electron chi connectivity index (χ1n) is 10.6. The summed E-state index contributed by atoms with van der Waals surface area (Å²) >= 11 is 0. The normalized spacial score (nSPS) is 15.5. The van der Waals surface area contributed by atoms with Gasteiger partial charge in [-0.25, -0.2) is 19.9 Å². The average Bonchev–Trinajstić information content (AvgIpc) is 3.50. The third-order valence-corrected chi connectivity index (χ3v) is 5.81. The van der Waals surface area contributed by atoms with Gasteiger partial charge in [-0.05, 0) is 25.1 Å². The van der Waals surface area contributed by atoms with E-state index in [4.69, 9.17) is 9.40 Å². The van der Waals surface area contributed by atoms with E-state index in [1.165, 1.54) is 0 Å². The van der Waals surface area contributed by atoms with E-state index >= 15 is 0 Å². The Bertz CT molecular complexity index is 1470. The third-order valence-electron chi connectivity index (χ3n) is 5.81. The van der Waals surface area contributed by atoms with Crippen LogP contribution >= 0.6 is 0 Å². The zero-order chi connectivity index (χ0) is 22.4. The Morgan fingerprint density at radius 1 is 1.09 bits per heavy atom. The zero-order valence-corrected chi connectivity index (χ0v) is 17.8. The number of aromatic amines is 1. The highest BCUT2D eigenvalue weighted by Gasteiger charge is 2.38. The molecule has 0 unspecified atom stereocenters. The second kappa shape index (κ2) is 7.63. The highest BCUT2D eigenvalue weighted by molar-refractivity contribution is 5.93. The van der Waals surface area contributed by atoms with E-state index in [1.54, 1.807) is 36.6 Å². The number of amides is 1. The van der Waals surface area contributed by atoms with Crippen LogP contribution in [-0.4, -0.2) is 47.3 Å². The number of carbonyl (C=O) groups excluding carboxylic acids is 1. The SMILES string of the molecule is Cc1nc(-c2ccccn2)oc1C(=O)N1CCc2[nH]cnc2[C@@H]1c1ncc2ccccc2n1. The van der Waals surface area contributed by atoms with Gasteiger partial charge in [-0.15, -0.1) is 0 Å². The van der Waals surface area contributed by atoms with E-state index in [2.05, 4.69) is 24.9 Å². The molecule has 0 aliphatic carbocycles. The van der Waals surface area contributed by atoms with Crippen molar-refractivity contribution in [2.24, 2.45) is 0 Å². The number of nitrogens with zero attached hydrogens (tertiary/aromatic N) is 6. The van der Waals surface area contributed by atoms with E-state index < -0.39 is 6.04 Å². The molecule has 9 nitrogen and oxygen atoms in total. The second-order valence-corrected chi connectivity index (χ2v) is 7.85. The number of aryl methyl sites for hydroxylation is 1. The van der Waals surface area contributed by atoms with E-state index in [0.29, 0.717) is 36.1 Å². The van der Waals surface area contributed by atoms with Crippen molar-refractivity contribution >= 4 is 16.8 Å². The molecule has 162 valence electrons. The van der Waals surface area contributed by atoms with Crippen LogP contribution in [0.15, 0.2) is 65.6 Å². The summed E-state index contributed by atoms with van der Waals surface area (Å²) in [5, 5.41) is 0.934. The van der Waals surface area contributed by atoms with Gasteiger partial charge in [0.15, 0.2) is 5.82 Å². The van der Waals surface area contributed by atoms with Crippen LogP contribution in [0.5, 0.6) is 0 Å². The highest BCUT2D eigenvalue weighted by Crippen LogP contribution is 2.34. The van der Waals surface area contributed by atoms with Gasteiger partial charge in [-0.2, -0.15) is 0 Å². The zero-order valence-electron chi connectivity index (χ0n) is 17.8. The quantitative estimate of drug-likeness (QED) is 0.459. The lowest BCUT2D eigenvalue weighted by Gasteiger charge is -2.33. The fourth-order valence-corrected chi connectivity index (χ4v) is 4.20. The summed E-state index contributed by atoms with van der Waals surface area (Å²) in [7, 11) is 0. The van der Waals surface area contributed by atoms with Crippen molar-refractivity contribution in [1.82, 2.24) is 34.8 Å². The van der Waals surface area contributed by atoms with E-state index in [1.807, 2.05) is 36.4 Å². The minimum Gasteiger partial charge on any atom is -0.429 e. The molecule has 9 heteroatoms. The minimum absolute atomic E-state index is 0.181. The summed E-state index contributed by atoms with van der Waals surface area (Å²) in [6.45, 7) is 2.22. The molecule has 1 N–H and O–H groups in total. The monoisotopic (exact) mass is 437 g/mol. The summed E-state index contributed by atoms with van der Waals surface area (Å²) < 4.78 is 5.91. The predicted octanol–water partition coefficient (Wildman–Crippen LogP) is 3.50. The van der Waals surface area contributed by atoms with E-state index in [-0.39, 0.29) is 11.7 Å². The lowest BCUT2D eigenvalue weighted by Crippen LogP contribution is -2.41. The molecule has 1 atom stereocenters. The maximum Gasteiger partial charge on any atom is 0.292 e. The van der Waals surface area contributed by atoms with E-state index in [9.17, 15) is 4.79 Å². The van der Waals surface area contributed by atoms with Gasteiger partial charge >= 0.3 is 0 Å². The number of fused-ring (bicyclic) bond motifs is 2. The maximum absolute atomic E-state index is 13.7. The molecule has 5 aromatic rings. The number of imidazole rings is 1. The van der Waals surface area contributed by atoms with Crippen molar-refractivity contribution in [2.75, 3.05) is 6.54 Å². The molecule has 0 saturated heterocycles. The molecule has 1 aromatic carbocycles. The lowest BCUT2D eigenvalue weighted by atomic mass is 10.0. The Balaban J connectivity index is 1.43. The molecular weight excluding hydrogens is 418 g/mol. The van der Waals surface area contributed by atoms with Crippen LogP contribution in [0.2, 0.25) is 0 Å². The number of carbonyl (C=O) groups is 1. The van der Waals surface area contributed by atoms with Crippen LogP contribution in [-0.2, 0) is 6.42 Å². The Labute approximate surface area is 188 Å². The maximum atomic E-state index is 13.7. The number of para-hydroxylation sites is 1. The van der Waals surface area contributed by atoms with Crippen molar-refractivity contribution in [1.29, 1.82) is 0 Å². The second-order valence-electron chi connectivity index (χ2n) is 7.85. The summed E-state index contributed by atoms with van der Waals surface area (Å²) in [6, 6.07) is 12.7. The van der Waals surface area contributed by atoms with Crippen LogP contribution in [0.1, 0.15) is 39.5 Å². The van der Waals surface area contributed by atoms with Crippen LogP contribution in [0.25, 0.3) is 22.5 Å². The largest absolute Gasteiger partial charge is 0.429 e. The number of H-pyrrole nitrogens is 1. The molecule has 1 aliphatic rings. The molecule has 0 spiro atoms. The van der Waals surface area contributed by atoms with Gasteiger partial charge in [-0.1, -0.05) is 24.3 Å². The lowest BCUT2D eigenvalue weighted by molar-refractivity contribution is 0.0651. The molecule has 5 heterocycles. The number of hydrogen-bond acceptors (Lipinski definition) is 7. The first kappa shape index (κ1) is 19.3. The third kappa shape index (κ3) is 3.25. The van der Waals surface area contributed by atoms with Gasteiger partial charge < -0.3 is 14.3 Å². The number of oxazole rings is 1. The average molecular weight is 437 g/mol. The Morgan fingerprint density at radius 3 is 2.85 bits per heavy atom. The van der Waals surface area contributed by atoms with Crippen molar-refractivity contribution in [3.8, 4) is 11.6 Å². The molecule has 0 saturated carbocycles. The molecule has 1 amide bonds. The van der Waals surface area contributed by atoms with Gasteiger partial charge in [-0.3, -0.25) is 9.78 Å². The van der Waals surface area contributed by atoms with E-state index in [0.717, 1.165) is 22.3 Å². The molecule has 0 radical (unpaired) electrons. The van der Waals surface area contributed by atoms with Crippen LogP contribution < -0.4 is 0 Å². The van der Waals surface area contributed by atoms with Crippen LogP contribution in [0, 0.1) is 6.92 Å². The summed E-state index contributed by atoms with van der Waals surface area (Å²) in [6.07, 6.45) is 5.73. The smallest absolute Gasteiger partial charge is 0.292 e. The Kier molecular flexibility index (Phi) is 4.46. The molecule has 1 aliphatic heterocycles. The van der Waals surface area contributed by atoms with Crippen LogP contribution in [0.4, 0.5) is 0 Å². The number of aromatic nitrogens is 6. The van der Waals surface area contributed by atoms with Gasteiger partial charge in [0.1, 0.15) is 11.7 Å². The summed E-state index contributed by atoms with van der Waals surface area (Å²) in [4.78, 5) is 41.2. The van der Waals surface area contributed by atoms with Crippen LogP contribution in [0.3, 0.4) is 0 Å². The fraction of sp³-hybridized carbons (Fsp3) is 0.167. The fourth-order valence-electron chi connectivity index (χ4n) is 4.20. The number of nitrogens with one attached hydrogen (secondary N) is 1. The molecule has 4 aromatic heterocycles. The first-order valence-corrected chi connectivity index (χ1v) is 10.6. The minimum atomic E-state index is -0.542. The molecule has 0 bridgehead atoms. The number of hydrogen-bond donors (Lipinski definition) is 1. The van der Waals surface area contributed by atoms with Gasteiger partial charge in [0.2, 0.25) is 11.7 Å². The number of pyridine rings is 1. The van der Waals surface area contributed by atoms with Crippen molar-refractivity contribution in [3.63, 3.8) is 0 Å². The summed E-state index contributed by atoms with van der Waals surface area (Å²) in [5.41, 5.74) is 3.61. The van der Waals surface area contributed by atoms with Crippen molar-refractivity contribution < 1.29 is 9.21 Å². The predicted molar refractivity (Wildman–Crippen MR) is 119 cm³/mol. The first-order chi connectivity index (χ1) is 16.2. The van der Waals surface area contributed by atoms with Gasteiger partial charge in [0.25, 0.3) is 5.91 Å². The number of benzene rings is 1. The van der Waals surface area contributed by atoms with Gasteiger partial charge in [0, 0.05) is 36.4 Å². The number of rotatable bonds is 3. The van der Waals surface area contributed by atoms with Crippen molar-refractivity contribution in [2.45, 2.75) is 19.4 Å². The molecule has 6 rings (SSSR count). The standard InChI is InChI=1S/C24H19N7O2/c1-14-21(33-23(29-14)18-8-4-5-10-25-18)24(32)31-11-9-17-19(28-13-27-17)20(31)22-26-12-15-6-2-3-7-16(15)30-22/h2-8,10,12-13,20H,9,11H2,1H3,(H,27,28)/t20-/m1/s1. The molecule has 0 fully saturated rings. The molecule has 33 heavy (non-hydrogen) atoms. The van der Waals surface area contributed by atoms with Crippen molar-refractivity contribution in [3.05, 3.63) is 89.9 Å². The Hall–Kier alpha value is -4.40.